The van der Waals surface area contributed by atoms with Crippen LogP contribution in [-0.2, 0) is 6.18 Å². The van der Waals surface area contributed by atoms with Crippen molar-refractivity contribution in [3.63, 3.8) is 0 Å². The van der Waals surface area contributed by atoms with Crippen molar-refractivity contribution in [1.82, 2.24) is 5.32 Å². The summed E-state index contributed by atoms with van der Waals surface area (Å²) in [5.74, 6) is -0.890. The number of hydrogen-bond acceptors (Lipinski definition) is 3. The average Bonchev–Trinajstić information content (AvgIpc) is 2.91. The van der Waals surface area contributed by atoms with Crippen LogP contribution < -0.4 is 10.6 Å². The van der Waals surface area contributed by atoms with E-state index < -0.39 is 23.7 Å². The van der Waals surface area contributed by atoms with Gasteiger partial charge in [0.2, 0.25) is 0 Å². The highest BCUT2D eigenvalue weighted by Crippen LogP contribution is 2.30. The summed E-state index contributed by atoms with van der Waals surface area (Å²) in [7, 11) is 0. The SMILES string of the molecule is O=C(NC(=O)c1ccco1)Nc1cccc(C(F)(F)F)c1. The van der Waals surface area contributed by atoms with Crippen LogP contribution in [0.2, 0.25) is 0 Å². The number of rotatable bonds is 2. The Hall–Kier alpha value is -2.77. The van der Waals surface area contributed by atoms with Gasteiger partial charge in [-0.3, -0.25) is 10.1 Å². The Labute approximate surface area is 116 Å². The first-order chi connectivity index (χ1) is 9.86. The van der Waals surface area contributed by atoms with E-state index in [0.29, 0.717) is 0 Å². The number of imide groups is 1. The van der Waals surface area contributed by atoms with E-state index in [4.69, 9.17) is 4.42 Å². The lowest BCUT2D eigenvalue weighted by atomic mass is 10.2. The summed E-state index contributed by atoms with van der Waals surface area (Å²) in [4.78, 5) is 23.0. The van der Waals surface area contributed by atoms with Crippen molar-refractivity contribution < 1.29 is 27.2 Å². The van der Waals surface area contributed by atoms with Crippen LogP contribution in [-0.4, -0.2) is 11.9 Å². The minimum Gasteiger partial charge on any atom is -0.459 e. The molecular formula is C13H9F3N2O3. The van der Waals surface area contributed by atoms with Crippen LogP contribution in [0.1, 0.15) is 16.1 Å². The molecule has 0 saturated heterocycles. The van der Waals surface area contributed by atoms with E-state index in [1.165, 1.54) is 24.5 Å². The molecule has 0 radical (unpaired) electrons. The number of benzene rings is 1. The van der Waals surface area contributed by atoms with Crippen molar-refractivity contribution in [3.05, 3.63) is 54.0 Å². The summed E-state index contributed by atoms with van der Waals surface area (Å²) in [6, 6.07) is 5.88. The summed E-state index contributed by atoms with van der Waals surface area (Å²) in [6.07, 6.45) is -3.27. The fourth-order valence-electron chi connectivity index (χ4n) is 1.51. The Morgan fingerprint density at radius 2 is 1.86 bits per heavy atom. The highest BCUT2D eigenvalue weighted by Gasteiger charge is 2.30. The zero-order chi connectivity index (χ0) is 15.5. The Morgan fingerprint density at radius 1 is 1.10 bits per heavy atom. The first-order valence-corrected chi connectivity index (χ1v) is 5.69. The maximum atomic E-state index is 12.5. The average molecular weight is 298 g/mol. The van der Waals surface area contributed by atoms with Crippen LogP contribution in [0.5, 0.6) is 0 Å². The van der Waals surface area contributed by atoms with Crippen LogP contribution in [0.25, 0.3) is 0 Å². The standard InChI is InChI=1S/C13H9F3N2O3/c14-13(15,16)8-3-1-4-9(7-8)17-12(20)18-11(19)10-5-2-6-21-10/h1-7H,(H2,17,18,19,20). The first-order valence-electron chi connectivity index (χ1n) is 5.69. The minimum atomic E-state index is -4.52. The van der Waals surface area contributed by atoms with Gasteiger partial charge in [0.1, 0.15) is 0 Å². The molecule has 0 aliphatic carbocycles. The molecule has 0 fully saturated rings. The molecule has 2 rings (SSSR count). The molecule has 0 bridgehead atoms. The number of halogens is 3. The molecule has 21 heavy (non-hydrogen) atoms. The molecule has 8 heteroatoms. The van der Waals surface area contributed by atoms with Gasteiger partial charge in [0, 0.05) is 5.69 Å². The van der Waals surface area contributed by atoms with Crippen molar-refractivity contribution in [2.45, 2.75) is 6.18 Å². The molecular weight excluding hydrogens is 289 g/mol. The van der Waals surface area contributed by atoms with Crippen molar-refractivity contribution in [1.29, 1.82) is 0 Å². The first kappa shape index (κ1) is 14.6. The topological polar surface area (TPSA) is 71.3 Å². The number of nitrogens with one attached hydrogen (secondary N) is 2. The number of carbonyl (C=O) groups excluding carboxylic acids is 2. The van der Waals surface area contributed by atoms with Gasteiger partial charge in [0.05, 0.1) is 11.8 Å². The number of carbonyl (C=O) groups is 2. The number of alkyl halides is 3. The lowest BCUT2D eigenvalue weighted by Gasteiger charge is -2.09. The van der Waals surface area contributed by atoms with E-state index in [-0.39, 0.29) is 11.4 Å². The van der Waals surface area contributed by atoms with E-state index >= 15 is 0 Å². The zero-order valence-electron chi connectivity index (χ0n) is 10.4. The van der Waals surface area contributed by atoms with Gasteiger partial charge in [-0.25, -0.2) is 4.79 Å². The summed E-state index contributed by atoms with van der Waals surface area (Å²) in [5, 5.41) is 4.06. The van der Waals surface area contributed by atoms with Crippen molar-refractivity contribution in [2.24, 2.45) is 0 Å². The molecule has 1 heterocycles. The van der Waals surface area contributed by atoms with Crippen molar-refractivity contribution >= 4 is 17.6 Å². The molecule has 0 unspecified atom stereocenters. The molecule has 110 valence electrons. The third kappa shape index (κ3) is 3.85. The highest BCUT2D eigenvalue weighted by molar-refractivity contribution is 6.06. The zero-order valence-corrected chi connectivity index (χ0v) is 10.4. The van der Waals surface area contributed by atoms with Crippen LogP contribution in [0.15, 0.2) is 47.1 Å². The number of urea groups is 1. The van der Waals surface area contributed by atoms with Crippen LogP contribution in [0.4, 0.5) is 23.7 Å². The lowest BCUT2D eigenvalue weighted by Crippen LogP contribution is -2.34. The van der Waals surface area contributed by atoms with Gasteiger partial charge in [0.15, 0.2) is 5.76 Å². The molecule has 5 nitrogen and oxygen atoms in total. The van der Waals surface area contributed by atoms with Gasteiger partial charge in [-0.05, 0) is 30.3 Å². The molecule has 0 aliphatic heterocycles. The monoisotopic (exact) mass is 298 g/mol. The van der Waals surface area contributed by atoms with E-state index in [1.54, 1.807) is 0 Å². The van der Waals surface area contributed by atoms with Gasteiger partial charge in [0.25, 0.3) is 5.91 Å². The maximum Gasteiger partial charge on any atom is 0.416 e. The minimum absolute atomic E-state index is 0.0884. The summed E-state index contributed by atoms with van der Waals surface area (Å²) < 4.78 is 42.3. The molecule has 0 aliphatic rings. The summed E-state index contributed by atoms with van der Waals surface area (Å²) in [6.45, 7) is 0. The predicted molar refractivity (Wildman–Crippen MR) is 66.6 cm³/mol. The smallest absolute Gasteiger partial charge is 0.416 e. The van der Waals surface area contributed by atoms with Crippen molar-refractivity contribution in [3.8, 4) is 0 Å². The Morgan fingerprint density at radius 3 is 2.48 bits per heavy atom. The molecule has 0 saturated carbocycles. The fraction of sp³-hybridized carbons (Fsp3) is 0.0769. The molecule has 0 spiro atoms. The fourth-order valence-corrected chi connectivity index (χ4v) is 1.51. The van der Waals surface area contributed by atoms with E-state index in [2.05, 4.69) is 5.32 Å². The van der Waals surface area contributed by atoms with Gasteiger partial charge < -0.3 is 9.73 Å². The predicted octanol–water partition coefficient (Wildman–Crippen LogP) is 3.26. The normalized spacial score (nSPS) is 11.0. The second kappa shape index (κ2) is 5.70. The molecule has 0 atom stereocenters. The van der Waals surface area contributed by atoms with Gasteiger partial charge in [-0.2, -0.15) is 13.2 Å². The number of furan rings is 1. The highest BCUT2D eigenvalue weighted by atomic mass is 19.4. The third-order valence-electron chi connectivity index (χ3n) is 2.42. The Kier molecular flexibility index (Phi) is 3.97. The molecule has 2 aromatic rings. The maximum absolute atomic E-state index is 12.5. The van der Waals surface area contributed by atoms with Crippen LogP contribution in [0.3, 0.4) is 0 Å². The number of anilines is 1. The van der Waals surface area contributed by atoms with E-state index in [0.717, 1.165) is 18.2 Å². The second-order valence-corrected chi connectivity index (χ2v) is 3.96. The lowest BCUT2D eigenvalue weighted by molar-refractivity contribution is -0.137. The quantitative estimate of drug-likeness (QED) is 0.894. The summed E-state index contributed by atoms with van der Waals surface area (Å²) >= 11 is 0. The van der Waals surface area contributed by atoms with Gasteiger partial charge in [-0.15, -0.1) is 0 Å². The second-order valence-electron chi connectivity index (χ2n) is 3.96. The molecule has 1 aromatic heterocycles. The van der Waals surface area contributed by atoms with Gasteiger partial charge in [-0.1, -0.05) is 6.07 Å². The van der Waals surface area contributed by atoms with Crippen LogP contribution >= 0.6 is 0 Å². The Bertz CT molecular complexity index is 651. The van der Waals surface area contributed by atoms with Crippen molar-refractivity contribution in [2.75, 3.05) is 5.32 Å². The third-order valence-corrected chi connectivity index (χ3v) is 2.42. The van der Waals surface area contributed by atoms with E-state index in [9.17, 15) is 22.8 Å². The van der Waals surface area contributed by atoms with Gasteiger partial charge >= 0.3 is 12.2 Å². The van der Waals surface area contributed by atoms with Crippen LogP contribution in [0, 0.1) is 0 Å². The molecule has 3 amide bonds. The summed E-state index contributed by atoms with van der Waals surface area (Å²) in [5.41, 5.74) is -0.993. The molecule has 2 N–H and O–H groups in total. The molecule has 1 aromatic carbocycles. The Balaban J connectivity index is 2.02. The number of amides is 3. The largest absolute Gasteiger partial charge is 0.459 e. The van der Waals surface area contributed by atoms with E-state index in [1.807, 2.05) is 5.32 Å². The number of hydrogen-bond donors (Lipinski definition) is 2.